The number of nitro benzene ring substituents is 1. The zero-order valence-corrected chi connectivity index (χ0v) is 11.6. The summed E-state index contributed by atoms with van der Waals surface area (Å²) in [6, 6.07) is 7.82. The quantitative estimate of drug-likeness (QED) is 0.391. The van der Waals surface area contributed by atoms with E-state index in [0.717, 1.165) is 11.8 Å². The minimum Gasteiger partial charge on any atom is -0.384 e. The van der Waals surface area contributed by atoms with E-state index >= 15 is 0 Å². The molecule has 6 nitrogen and oxygen atoms in total. The van der Waals surface area contributed by atoms with E-state index in [9.17, 15) is 10.1 Å². The predicted molar refractivity (Wildman–Crippen MR) is 77.5 cm³/mol. The Labute approximate surface area is 123 Å². The summed E-state index contributed by atoms with van der Waals surface area (Å²) < 4.78 is 0. The molecule has 0 bridgehead atoms. The van der Waals surface area contributed by atoms with Gasteiger partial charge in [-0.3, -0.25) is 15.5 Å². The molecule has 1 aromatic heterocycles. The normalized spacial score (nSPS) is 10.2. The minimum absolute atomic E-state index is 0.0244. The second kappa shape index (κ2) is 5.89. The molecule has 0 atom stereocenters. The maximum Gasteiger partial charge on any atom is 0.283 e. The smallest absolute Gasteiger partial charge is 0.283 e. The van der Waals surface area contributed by atoms with Gasteiger partial charge in [0.15, 0.2) is 0 Å². The second-order valence-electron chi connectivity index (χ2n) is 3.72. The molecule has 102 valence electrons. The maximum absolute atomic E-state index is 11.0. The molecule has 0 saturated heterocycles. The number of nitrogens with one attached hydrogen (secondary N) is 1. The first-order valence-corrected chi connectivity index (χ1v) is 6.60. The van der Waals surface area contributed by atoms with Crippen LogP contribution in [0.5, 0.6) is 0 Å². The third kappa shape index (κ3) is 2.89. The van der Waals surface area contributed by atoms with Crippen LogP contribution < -0.4 is 5.73 Å². The average Bonchev–Trinajstić information content (AvgIpc) is 2.41. The van der Waals surface area contributed by atoms with Gasteiger partial charge >= 0.3 is 0 Å². The highest BCUT2D eigenvalue weighted by Crippen LogP contribution is 2.37. The lowest BCUT2D eigenvalue weighted by molar-refractivity contribution is -0.387. The molecule has 0 aliphatic rings. The highest BCUT2D eigenvalue weighted by Gasteiger charge is 2.17. The van der Waals surface area contributed by atoms with Crippen molar-refractivity contribution in [1.29, 1.82) is 5.41 Å². The minimum atomic E-state index is -0.467. The van der Waals surface area contributed by atoms with Crippen LogP contribution in [-0.2, 0) is 0 Å². The molecule has 0 aliphatic heterocycles. The molecule has 1 heterocycles. The van der Waals surface area contributed by atoms with Crippen molar-refractivity contribution in [2.45, 2.75) is 9.92 Å². The Morgan fingerprint density at radius 3 is 2.75 bits per heavy atom. The van der Waals surface area contributed by atoms with E-state index < -0.39 is 4.92 Å². The van der Waals surface area contributed by atoms with E-state index in [2.05, 4.69) is 4.98 Å². The van der Waals surface area contributed by atoms with Gasteiger partial charge in [0.25, 0.3) is 5.69 Å². The van der Waals surface area contributed by atoms with Gasteiger partial charge in [-0.15, -0.1) is 0 Å². The predicted octanol–water partition coefficient (Wildman–Crippen LogP) is 3.08. The number of amidine groups is 1. The summed E-state index contributed by atoms with van der Waals surface area (Å²) in [5, 5.41) is 18.9. The Morgan fingerprint density at radius 2 is 2.10 bits per heavy atom. The summed E-state index contributed by atoms with van der Waals surface area (Å²) in [6.45, 7) is 0. The molecule has 20 heavy (non-hydrogen) atoms. The molecule has 0 saturated carbocycles. The lowest BCUT2D eigenvalue weighted by atomic mass is 10.2. The standard InChI is InChI=1S/C12H9ClN4O2S/c13-10-7(11(14)15)5-6-16-12(10)20-9-4-2-1-3-8(9)17(18)19/h1-6H,(H3,14,15). The first-order chi connectivity index (χ1) is 9.50. The molecule has 2 rings (SSSR count). The number of hydrogen-bond donors (Lipinski definition) is 2. The Bertz CT molecular complexity index is 693. The number of aromatic nitrogens is 1. The summed E-state index contributed by atoms with van der Waals surface area (Å²) >= 11 is 7.18. The molecule has 3 N–H and O–H groups in total. The molecule has 0 amide bonds. The fourth-order valence-corrected chi connectivity index (χ4v) is 2.75. The van der Waals surface area contributed by atoms with Crippen LogP contribution >= 0.6 is 23.4 Å². The van der Waals surface area contributed by atoms with Crippen LogP contribution in [0.4, 0.5) is 5.69 Å². The van der Waals surface area contributed by atoms with E-state index in [1.807, 2.05) is 0 Å². The van der Waals surface area contributed by atoms with E-state index in [1.165, 1.54) is 18.3 Å². The van der Waals surface area contributed by atoms with E-state index in [-0.39, 0.29) is 16.5 Å². The molecule has 0 spiro atoms. The van der Waals surface area contributed by atoms with Gasteiger partial charge in [-0.05, 0) is 12.1 Å². The van der Waals surface area contributed by atoms with Crippen LogP contribution in [0.1, 0.15) is 5.56 Å². The number of rotatable bonds is 4. The fraction of sp³-hybridized carbons (Fsp3) is 0. The number of benzene rings is 1. The highest BCUT2D eigenvalue weighted by atomic mass is 35.5. The Kier molecular flexibility index (Phi) is 4.21. The summed E-state index contributed by atoms with van der Waals surface area (Å²) in [5.74, 6) is -0.179. The molecule has 0 radical (unpaired) electrons. The Balaban J connectivity index is 2.43. The SMILES string of the molecule is N=C(N)c1ccnc(Sc2ccccc2[N+](=O)[O-])c1Cl. The fourth-order valence-electron chi connectivity index (χ4n) is 1.50. The third-order valence-electron chi connectivity index (χ3n) is 2.42. The van der Waals surface area contributed by atoms with Gasteiger partial charge < -0.3 is 5.73 Å². The van der Waals surface area contributed by atoms with Crippen LogP contribution in [0.25, 0.3) is 0 Å². The molecule has 0 fully saturated rings. The van der Waals surface area contributed by atoms with Gasteiger partial charge in [-0.2, -0.15) is 0 Å². The van der Waals surface area contributed by atoms with E-state index in [1.54, 1.807) is 18.2 Å². The summed E-state index contributed by atoms with van der Waals surface area (Å²) in [4.78, 5) is 15.0. The average molecular weight is 309 g/mol. The molecule has 0 aliphatic carbocycles. The molecule has 0 unspecified atom stereocenters. The number of nitro groups is 1. The topological polar surface area (TPSA) is 106 Å². The van der Waals surface area contributed by atoms with Crippen molar-refractivity contribution in [2.75, 3.05) is 0 Å². The number of nitrogens with two attached hydrogens (primary N) is 1. The maximum atomic E-state index is 11.0. The van der Waals surface area contributed by atoms with Crippen LogP contribution in [0.2, 0.25) is 5.02 Å². The van der Waals surface area contributed by atoms with Crippen molar-refractivity contribution < 1.29 is 4.92 Å². The lowest BCUT2D eigenvalue weighted by Crippen LogP contribution is -2.12. The van der Waals surface area contributed by atoms with Crippen molar-refractivity contribution in [2.24, 2.45) is 5.73 Å². The van der Waals surface area contributed by atoms with Crippen molar-refractivity contribution in [3.63, 3.8) is 0 Å². The summed E-state index contributed by atoms with van der Waals surface area (Å²) in [5.41, 5.74) is 5.73. The lowest BCUT2D eigenvalue weighted by Gasteiger charge is -2.07. The van der Waals surface area contributed by atoms with Gasteiger partial charge in [0.05, 0.1) is 14.8 Å². The molecular weight excluding hydrogens is 300 g/mol. The van der Waals surface area contributed by atoms with Crippen molar-refractivity contribution in [1.82, 2.24) is 4.98 Å². The second-order valence-corrected chi connectivity index (χ2v) is 5.13. The van der Waals surface area contributed by atoms with Crippen LogP contribution in [0.15, 0.2) is 46.5 Å². The number of pyridine rings is 1. The number of nitrogens with zero attached hydrogens (tertiary/aromatic N) is 2. The van der Waals surface area contributed by atoms with Crippen LogP contribution in [-0.4, -0.2) is 15.7 Å². The first kappa shape index (κ1) is 14.3. The van der Waals surface area contributed by atoms with Gasteiger partial charge in [-0.25, -0.2) is 4.98 Å². The van der Waals surface area contributed by atoms with Crippen LogP contribution in [0, 0.1) is 15.5 Å². The largest absolute Gasteiger partial charge is 0.384 e. The number of hydrogen-bond acceptors (Lipinski definition) is 5. The van der Waals surface area contributed by atoms with Gasteiger partial charge in [0.2, 0.25) is 0 Å². The van der Waals surface area contributed by atoms with E-state index in [0.29, 0.717) is 15.5 Å². The van der Waals surface area contributed by atoms with Crippen molar-refractivity contribution in [3.8, 4) is 0 Å². The van der Waals surface area contributed by atoms with Crippen LogP contribution in [0.3, 0.4) is 0 Å². The third-order valence-corrected chi connectivity index (χ3v) is 3.98. The molecular formula is C12H9ClN4O2S. The van der Waals surface area contributed by atoms with Crippen molar-refractivity contribution in [3.05, 3.63) is 57.2 Å². The summed E-state index contributed by atoms with van der Waals surface area (Å²) in [7, 11) is 0. The van der Waals surface area contributed by atoms with Gasteiger partial charge in [0, 0.05) is 17.8 Å². The Hall–Kier alpha value is -2.12. The molecule has 1 aromatic carbocycles. The number of nitrogen functional groups attached to an aromatic ring is 1. The monoisotopic (exact) mass is 308 g/mol. The van der Waals surface area contributed by atoms with Gasteiger partial charge in [-0.1, -0.05) is 35.5 Å². The Morgan fingerprint density at radius 1 is 1.40 bits per heavy atom. The highest BCUT2D eigenvalue weighted by molar-refractivity contribution is 7.99. The first-order valence-electron chi connectivity index (χ1n) is 5.41. The van der Waals surface area contributed by atoms with E-state index in [4.69, 9.17) is 22.7 Å². The molecule has 8 heteroatoms. The van der Waals surface area contributed by atoms with Gasteiger partial charge in [0.1, 0.15) is 10.9 Å². The zero-order valence-electron chi connectivity index (χ0n) is 10.0. The number of halogens is 1. The molecule has 2 aromatic rings. The van der Waals surface area contributed by atoms with Crippen molar-refractivity contribution >= 4 is 34.9 Å². The zero-order chi connectivity index (χ0) is 14.7. The summed E-state index contributed by atoms with van der Waals surface area (Å²) in [6.07, 6.45) is 1.46. The number of para-hydroxylation sites is 1.